The number of urea groups is 1. The van der Waals surface area contributed by atoms with Gasteiger partial charge < -0.3 is 10.6 Å². The number of nitrogens with zero attached hydrogens (tertiary/aromatic N) is 1. The molecule has 0 aromatic rings. The summed E-state index contributed by atoms with van der Waals surface area (Å²) in [5, 5.41) is 5.57. The second kappa shape index (κ2) is 12.7. The Labute approximate surface area is 103 Å². The van der Waals surface area contributed by atoms with Crippen LogP contribution in [0.5, 0.6) is 0 Å². The minimum atomic E-state index is -0.111. The Morgan fingerprint density at radius 2 is 1.71 bits per heavy atom. The van der Waals surface area contributed by atoms with Crippen molar-refractivity contribution in [2.75, 3.05) is 19.6 Å². The summed E-state index contributed by atoms with van der Waals surface area (Å²) in [7, 11) is 0. The van der Waals surface area contributed by atoms with Gasteiger partial charge in [0.2, 0.25) is 6.08 Å². The molecule has 0 aromatic heterocycles. The second-order valence-electron chi connectivity index (χ2n) is 3.92. The first-order valence-corrected chi connectivity index (χ1v) is 6.36. The fraction of sp³-hybridized carbons (Fsp3) is 0.833. The van der Waals surface area contributed by atoms with Gasteiger partial charge in [-0.15, -0.1) is 0 Å². The van der Waals surface area contributed by atoms with Crippen LogP contribution in [0.25, 0.3) is 0 Å². The summed E-state index contributed by atoms with van der Waals surface area (Å²) in [6.07, 6.45) is 7.74. The van der Waals surface area contributed by atoms with Crippen molar-refractivity contribution < 1.29 is 9.59 Å². The number of nitrogens with one attached hydrogen (secondary N) is 2. The van der Waals surface area contributed by atoms with Crippen LogP contribution in [0, 0.1) is 0 Å². The molecule has 0 aromatic carbocycles. The first-order valence-electron chi connectivity index (χ1n) is 6.36. The highest BCUT2D eigenvalue weighted by atomic mass is 16.2. The summed E-state index contributed by atoms with van der Waals surface area (Å²) in [6.45, 7) is 4.01. The van der Waals surface area contributed by atoms with Gasteiger partial charge >= 0.3 is 6.03 Å². The molecule has 0 aliphatic heterocycles. The molecule has 98 valence electrons. The molecule has 0 aliphatic carbocycles. The van der Waals surface area contributed by atoms with Crippen LogP contribution < -0.4 is 10.6 Å². The van der Waals surface area contributed by atoms with E-state index in [1.54, 1.807) is 0 Å². The third kappa shape index (κ3) is 12.6. The van der Waals surface area contributed by atoms with E-state index in [4.69, 9.17) is 0 Å². The lowest BCUT2D eigenvalue weighted by Gasteiger charge is -2.06. The number of rotatable bonds is 10. The molecular weight excluding hydrogens is 218 g/mol. The molecule has 0 bridgehead atoms. The van der Waals surface area contributed by atoms with E-state index in [9.17, 15) is 9.59 Å². The van der Waals surface area contributed by atoms with E-state index < -0.39 is 0 Å². The maximum Gasteiger partial charge on any atom is 0.314 e. The smallest absolute Gasteiger partial charge is 0.314 e. The number of unbranched alkanes of at least 4 members (excludes halogenated alkanes) is 4. The SMILES string of the molecule is CCCCCCNC(=O)NCCCCN=C=O. The molecule has 17 heavy (non-hydrogen) atoms. The Morgan fingerprint density at radius 3 is 2.29 bits per heavy atom. The Balaban J connectivity index is 3.20. The van der Waals surface area contributed by atoms with Crippen molar-refractivity contribution in [3.63, 3.8) is 0 Å². The van der Waals surface area contributed by atoms with Gasteiger partial charge in [0.25, 0.3) is 0 Å². The standard InChI is InChI=1S/C12H23N3O2/c1-2-3-4-5-9-14-12(17)15-10-7-6-8-13-11-16/h2-10H2,1H3,(H2,14,15,17). The number of hydrogen-bond donors (Lipinski definition) is 2. The van der Waals surface area contributed by atoms with Crippen molar-refractivity contribution in [3.05, 3.63) is 0 Å². The first-order chi connectivity index (χ1) is 8.31. The average molecular weight is 241 g/mol. The zero-order valence-corrected chi connectivity index (χ0v) is 10.6. The molecule has 0 unspecified atom stereocenters. The van der Waals surface area contributed by atoms with Crippen molar-refractivity contribution in [2.45, 2.75) is 45.4 Å². The van der Waals surface area contributed by atoms with Crippen molar-refractivity contribution in [1.82, 2.24) is 10.6 Å². The van der Waals surface area contributed by atoms with Gasteiger partial charge in [0, 0.05) is 13.1 Å². The number of aliphatic imine (C=N–C) groups is 1. The highest BCUT2D eigenvalue weighted by Crippen LogP contribution is 1.96. The lowest BCUT2D eigenvalue weighted by molar-refractivity contribution is 0.240. The van der Waals surface area contributed by atoms with Crippen LogP contribution in [-0.2, 0) is 4.79 Å². The Bertz CT molecular complexity index is 238. The summed E-state index contributed by atoms with van der Waals surface area (Å²) in [5.41, 5.74) is 0. The highest BCUT2D eigenvalue weighted by Gasteiger charge is 1.97. The third-order valence-electron chi connectivity index (χ3n) is 2.36. The molecule has 0 fully saturated rings. The number of carbonyl (C=O) groups excluding carboxylic acids is 2. The largest absolute Gasteiger partial charge is 0.338 e. The third-order valence-corrected chi connectivity index (χ3v) is 2.36. The minimum absolute atomic E-state index is 0.111. The van der Waals surface area contributed by atoms with Gasteiger partial charge in [-0.25, -0.2) is 14.6 Å². The molecule has 0 aliphatic rings. The maximum absolute atomic E-state index is 11.3. The molecular formula is C12H23N3O2. The van der Waals surface area contributed by atoms with Crippen LogP contribution >= 0.6 is 0 Å². The van der Waals surface area contributed by atoms with E-state index in [1.807, 2.05) is 0 Å². The molecule has 0 spiro atoms. The normalized spacial score (nSPS) is 9.47. The monoisotopic (exact) mass is 241 g/mol. The van der Waals surface area contributed by atoms with Gasteiger partial charge in [0.15, 0.2) is 0 Å². The minimum Gasteiger partial charge on any atom is -0.338 e. The van der Waals surface area contributed by atoms with E-state index in [1.165, 1.54) is 25.3 Å². The fourth-order valence-corrected chi connectivity index (χ4v) is 1.38. The summed E-state index contributed by atoms with van der Waals surface area (Å²) in [5.74, 6) is 0. The molecule has 5 heteroatoms. The Morgan fingerprint density at radius 1 is 1.06 bits per heavy atom. The van der Waals surface area contributed by atoms with Crippen LogP contribution in [0.4, 0.5) is 4.79 Å². The van der Waals surface area contributed by atoms with Gasteiger partial charge in [0.05, 0.1) is 6.54 Å². The summed E-state index contributed by atoms with van der Waals surface area (Å²) in [4.78, 5) is 24.5. The fourth-order valence-electron chi connectivity index (χ4n) is 1.38. The van der Waals surface area contributed by atoms with Crippen molar-refractivity contribution in [2.24, 2.45) is 4.99 Å². The number of isocyanates is 1. The van der Waals surface area contributed by atoms with E-state index in [0.29, 0.717) is 13.1 Å². The van der Waals surface area contributed by atoms with Crippen molar-refractivity contribution in [3.8, 4) is 0 Å². The van der Waals surface area contributed by atoms with Gasteiger partial charge in [0.1, 0.15) is 0 Å². The molecule has 2 amide bonds. The number of amides is 2. The van der Waals surface area contributed by atoms with Crippen LogP contribution in [0.15, 0.2) is 4.99 Å². The quantitative estimate of drug-likeness (QED) is 0.349. The molecule has 0 saturated carbocycles. The lowest BCUT2D eigenvalue weighted by atomic mass is 10.2. The van der Waals surface area contributed by atoms with Crippen LogP contribution in [0.1, 0.15) is 45.4 Å². The highest BCUT2D eigenvalue weighted by molar-refractivity contribution is 5.73. The Hall–Kier alpha value is -1.35. The van der Waals surface area contributed by atoms with E-state index in [2.05, 4.69) is 22.5 Å². The first kappa shape index (κ1) is 15.7. The molecule has 0 radical (unpaired) electrons. The van der Waals surface area contributed by atoms with Gasteiger partial charge in [-0.2, -0.15) is 0 Å². The number of hydrogen-bond acceptors (Lipinski definition) is 3. The van der Waals surface area contributed by atoms with Crippen molar-refractivity contribution in [1.29, 1.82) is 0 Å². The summed E-state index contributed by atoms with van der Waals surface area (Å²) < 4.78 is 0. The predicted octanol–water partition coefficient (Wildman–Crippen LogP) is 1.98. The molecule has 0 atom stereocenters. The van der Waals surface area contributed by atoms with Crippen LogP contribution in [0.3, 0.4) is 0 Å². The molecule has 0 heterocycles. The predicted molar refractivity (Wildman–Crippen MR) is 67.8 cm³/mol. The van der Waals surface area contributed by atoms with Crippen LogP contribution in [0.2, 0.25) is 0 Å². The maximum atomic E-state index is 11.3. The zero-order valence-electron chi connectivity index (χ0n) is 10.6. The lowest BCUT2D eigenvalue weighted by Crippen LogP contribution is -2.36. The second-order valence-corrected chi connectivity index (χ2v) is 3.92. The summed E-state index contributed by atoms with van der Waals surface area (Å²) >= 11 is 0. The molecule has 2 N–H and O–H groups in total. The average Bonchev–Trinajstić information content (AvgIpc) is 2.33. The van der Waals surface area contributed by atoms with E-state index >= 15 is 0 Å². The van der Waals surface area contributed by atoms with Crippen molar-refractivity contribution >= 4 is 12.1 Å². The van der Waals surface area contributed by atoms with Gasteiger partial charge in [-0.05, 0) is 19.3 Å². The molecule has 0 saturated heterocycles. The Kier molecular flexibility index (Phi) is 11.7. The van der Waals surface area contributed by atoms with E-state index in [0.717, 1.165) is 25.8 Å². The van der Waals surface area contributed by atoms with Gasteiger partial charge in [-0.3, -0.25) is 0 Å². The topological polar surface area (TPSA) is 70.6 Å². The van der Waals surface area contributed by atoms with Crippen LogP contribution in [-0.4, -0.2) is 31.7 Å². The molecule has 5 nitrogen and oxygen atoms in total. The zero-order chi connectivity index (χ0) is 12.8. The number of carbonyl (C=O) groups is 1. The summed E-state index contributed by atoms with van der Waals surface area (Å²) in [6, 6.07) is -0.111. The van der Waals surface area contributed by atoms with Gasteiger partial charge in [-0.1, -0.05) is 26.2 Å². The molecule has 0 rings (SSSR count). The van der Waals surface area contributed by atoms with E-state index in [-0.39, 0.29) is 6.03 Å².